The number of aryl methyl sites for hydroxylation is 1. The molecule has 0 radical (unpaired) electrons. The molecule has 0 aliphatic carbocycles. The van der Waals surface area contributed by atoms with Crippen LogP contribution in [0.2, 0.25) is 10.0 Å². The zero-order valence-electron chi connectivity index (χ0n) is 10.3. The molecule has 0 fully saturated rings. The molecule has 104 valence electrons. The highest BCUT2D eigenvalue weighted by Gasteiger charge is 2.13. The van der Waals surface area contributed by atoms with E-state index in [0.29, 0.717) is 5.69 Å². The minimum atomic E-state index is -0.593. The van der Waals surface area contributed by atoms with Gasteiger partial charge in [0.2, 0.25) is 0 Å². The number of hydrogen-bond acceptors (Lipinski definition) is 3. The quantitative estimate of drug-likeness (QED) is 0.746. The normalized spacial score (nSPS) is 10.3. The number of anilines is 1. The van der Waals surface area contributed by atoms with E-state index in [0.717, 1.165) is 0 Å². The lowest BCUT2D eigenvalue weighted by Crippen LogP contribution is -2.23. The summed E-state index contributed by atoms with van der Waals surface area (Å²) < 4.78 is 0. The van der Waals surface area contributed by atoms with Crippen molar-refractivity contribution >= 4 is 34.8 Å². The Morgan fingerprint density at radius 2 is 1.85 bits per heavy atom. The number of aromatic amines is 1. The van der Waals surface area contributed by atoms with Crippen LogP contribution < -0.4 is 10.9 Å². The number of rotatable bonds is 2. The summed E-state index contributed by atoms with van der Waals surface area (Å²) in [7, 11) is 0. The number of benzene rings is 1. The third-order valence-corrected chi connectivity index (χ3v) is 3.15. The van der Waals surface area contributed by atoms with Gasteiger partial charge in [0.05, 0.1) is 10.0 Å². The maximum absolute atomic E-state index is 12.0. The predicted octanol–water partition coefficient (Wildman–Crippen LogP) is 2.95. The molecular formula is C13H10Cl2N2O3. The van der Waals surface area contributed by atoms with Crippen LogP contribution in [-0.4, -0.2) is 16.0 Å². The van der Waals surface area contributed by atoms with Gasteiger partial charge < -0.3 is 15.4 Å². The number of amides is 1. The molecule has 2 aromatic rings. The van der Waals surface area contributed by atoms with Crippen LogP contribution in [-0.2, 0) is 0 Å². The second-order valence-electron chi connectivity index (χ2n) is 4.13. The SMILES string of the molecule is Cc1ccc(C(=O)Nc2cc(Cl)c(O)c(Cl)c2)c(=O)[nH]1. The fourth-order valence-electron chi connectivity index (χ4n) is 1.59. The molecule has 0 aliphatic heterocycles. The lowest BCUT2D eigenvalue weighted by molar-refractivity contribution is 0.102. The topological polar surface area (TPSA) is 82.2 Å². The van der Waals surface area contributed by atoms with Crippen LogP contribution in [0, 0.1) is 6.92 Å². The van der Waals surface area contributed by atoms with Crippen LogP contribution in [0.4, 0.5) is 5.69 Å². The van der Waals surface area contributed by atoms with E-state index in [-0.39, 0.29) is 27.0 Å². The minimum absolute atomic E-state index is 0.00520. The highest BCUT2D eigenvalue weighted by molar-refractivity contribution is 6.37. The van der Waals surface area contributed by atoms with Crippen LogP contribution in [0.1, 0.15) is 16.1 Å². The predicted molar refractivity (Wildman–Crippen MR) is 77.9 cm³/mol. The second-order valence-corrected chi connectivity index (χ2v) is 4.94. The summed E-state index contributed by atoms with van der Waals surface area (Å²) in [5.41, 5.74) is 0.416. The number of carbonyl (C=O) groups excluding carboxylic acids is 1. The van der Waals surface area contributed by atoms with E-state index in [4.69, 9.17) is 23.2 Å². The van der Waals surface area contributed by atoms with Crippen LogP contribution in [0.5, 0.6) is 5.75 Å². The summed E-state index contributed by atoms with van der Waals surface area (Å²) in [6.45, 7) is 1.71. The van der Waals surface area contributed by atoms with Gasteiger partial charge in [0, 0.05) is 11.4 Å². The molecule has 1 amide bonds. The lowest BCUT2D eigenvalue weighted by Gasteiger charge is -2.07. The number of nitrogens with one attached hydrogen (secondary N) is 2. The Hall–Kier alpha value is -1.98. The van der Waals surface area contributed by atoms with Gasteiger partial charge in [-0.1, -0.05) is 23.2 Å². The number of aromatic hydroxyl groups is 1. The minimum Gasteiger partial charge on any atom is -0.505 e. The number of aromatic nitrogens is 1. The van der Waals surface area contributed by atoms with Gasteiger partial charge in [-0.05, 0) is 31.2 Å². The fourth-order valence-corrected chi connectivity index (χ4v) is 2.07. The number of phenolic OH excluding ortho intramolecular Hbond substituents is 1. The van der Waals surface area contributed by atoms with Gasteiger partial charge in [-0.25, -0.2) is 0 Å². The van der Waals surface area contributed by atoms with E-state index >= 15 is 0 Å². The monoisotopic (exact) mass is 312 g/mol. The third kappa shape index (κ3) is 2.95. The molecule has 1 aromatic carbocycles. The molecule has 0 saturated carbocycles. The van der Waals surface area contributed by atoms with Crippen molar-refractivity contribution in [2.45, 2.75) is 6.92 Å². The van der Waals surface area contributed by atoms with Crippen LogP contribution in [0.3, 0.4) is 0 Å². The van der Waals surface area contributed by atoms with Gasteiger partial charge in [0.1, 0.15) is 5.56 Å². The van der Waals surface area contributed by atoms with Crippen molar-refractivity contribution in [2.75, 3.05) is 5.32 Å². The van der Waals surface area contributed by atoms with E-state index in [2.05, 4.69) is 10.3 Å². The molecule has 0 bridgehead atoms. The third-order valence-electron chi connectivity index (χ3n) is 2.57. The number of carbonyl (C=O) groups is 1. The molecule has 7 heteroatoms. The molecule has 0 spiro atoms. The fraction of sp³-hybridized carbons (Fsp3) is 0.0769. The van der Waals surface area contributed by atoms with Gasteiger partial charge in [-0.15, -0.1) is 0 Å². The summed E-state index contributed by atoms with van der Waals surface area (Å²) in [6, 6.07) is 5.71. The van der Waals surface area contributed by atoms with Crippen molar-refractivity contribution < 1.29 is 9.90 Å². The zero-order valence-corrected chi connectivity index (χ0v) is 11.8. The zero-order chi connectivity index (χ0) is 14.9. The average molecular weight is 313 g/mol. The molecule has 0 unspecified atom stereocenters. The molecule has 0 atom stereocenters. The van der Waals surface area contributed by atoms with Gasteiger partial charge in [-0.3, -0.25) is 9.59 Å². The molecule has 5 nitrogen and oxygen atoms in total. The summed E-state index contributed by atoms with van der Waals surface area (Å²) >= 11 is 11.5. The number of phenols is 1. The van der Waals surface area contributed by atoms with Crippen molar-refractivity contribution in [1.82, 2.24) is 4.98 Å². The molecule has 1 heterocycles. The Kier molecular flexibility index (Phi) is 4.01. The van der Waals surface area contributed by atoms with Gasteiger partial charge in [0.15, 0.2) is 5.75 Å². The lowest BCUT2D eigenvalue weighted by atomic mass is 10.2. The average Bonchev–Trinajstić information content (AvgIpc) is 2.35. The Morgan fingerprint density at radius 1 is 1.25 bits per heavy atom. The first-order chi connectivity index (χ1) is 9.38. The molecule has 1 aromatic heterocycles. The number of halogens is 2. The van der Waals surface area contributed by atoms with Crippen molar-refractivity contribution in [1.29, 1.82) is 0 Å². The first kappa shape index (κ1) is 14.4. The maximum Gasteiger partial charge on any atom is 0.261 e. The van der Waals surface area contributed by atoms with E-state index in [1.807, 2.05) is 0 Å². The maximum atomic E-state index is 12.0. The van der Waals surface area contributed by atoms with Crippen LogP contribution >= 0.6 is 23.2 Å². The van der Waals surface area contributed by atoms with E-state index in [1.54, 1.807) is 13.0 Å². The molecule has 2 rings (SSSR count). The summed E-state index contributed by atoms with van der Waals surface area (Å²) in [5, 5.41) is 11.9. The van der Waals surface area contributed by atoms with Gasteiger partial charge >= 0.3 is 0 Å². The summed E-state index contributed by atoms with van der Waals surface area (Å²) in [6.07, 6.45) is 0. The van der Waals surface area contributed by atoms with Crippen molar-refractivity contribution in [2.24, 2.45) is 0 Å². The van der Waals surface area contributed by atoms with Gasteiger partial charge in [0.25, 0.3) is 11.5 Å². The van der Waals surface area contributed by atoms with E-state index < -0.39 is 11.5 Å². The highest BCUT2D eigenvalue weighted by Crippen LogP contribution is 2.34. The molecule has 0 aliphatic rings. The Balaban J connectivity index is 2.30. The van der Waals surface area contributed by atoms with Crippen molar-refractivity contribution in [3.8, 4) is 5.75 Å². The molecule has 20 heavy (non-hydrogen) atoms. The first-order valence-corrected chi connectivity index (χ1v) is 6.33. The largest absolute Gasteiger partial charge is 0.505 e. The number of hydrogen-bond donors (Lipinski definition) is 3. The highest BCUT2D eigenvalue weighted by atomic mass is 35.5. The summed E-state index contributed by atoms with van der Waals surface area (Å²) in [5.74, 6) is -0.858. The Morgan fingerprint density at radius 3 is 2.40 bits per heavy atom. The standard InChI is InChI=1S/C13H10Cl2N2O3/c1-6-2-3-8(12(19)16-6)13(20)17-7-4-9(14)11(18)10(15)5-7/h2-5,18H,1H3,(H,16,19)(H,17,20). The number of pyridine rings is 1. The number of H-pyrrole nitrogens is 1. The molecule has 0 saturated heterocycles. The second kappa shape index (κ2) is 5.56. The van der Waals surface area contributed by atoms with Crippen molar-refractivity contribution in [3.63, 3.8) is 0 Å². The Labute approximate surface area is 124 Å². The van der Waals surface area contributed by atoms with Crippen LogP contribution in [0.15, 0.2) is 29.1 Å². The Bertz CT molecular complexity index is 718. The van der Waals surface area contributed by atoms with E-state index in [9.17, 15) is 14.7 Å². The molecule has 3 N–H and O–H groups in total. The first-order valence-electron chi connectivity index (χ1n) is 5.58. The van der Waals surface area contributed by atoms with Crippen LogP contribution in [0.25, 0.3) is 0 Å². The smallest absolute Gasteiger partial charge is 0.261 e. The van der Waals surface area contributed by atoms with Crippen molar-refractivity contribution in [3.05, 3.63) is 55.9 Å². The van der Waals surface area contributed by atoms with E-state index in [1.165, 1.54) is 18.2 Å². The van der Waals surface area contributed by atoms with Gasteiger partial charge in [-0.2, -0.15) is 0 Å². The molecular weight excluding hydrogens is 303 g/mol. The summed E-state index contributed by atoms with van der Waals surface area (Å²) in [4.78, 5) is 26.2.